The molecule has 2 heterocycles. The summed E-state index contributed by atoms with van der Waals surface area (Å²) in [5, 5.41) is 5.13. The first-order chi connectivity index (χ1) is 16.2. The molecule has 0 saturated carbocycles. The zero-order valence-electron chi connectivity index (χ0n) is 17.6. The SMILES string of the molecule is Cc1nccn1-c1cc(Oc2ccc(NC(=O)Nc3ccc(OC(F)(F)F)cc3)cc2)ncn1. The fraction of sp³-hybridized carbons (Fsp3) is 0.0909. The summed E-state index contributed by atoms with van der Waals surface area (Å²) in [6.45, 7) is 1.85. The molecule has 0 fully saturated rings. The lowest BCUT2D eigenvalue weighted by molar-refractivity contribution is -0.274. The number of rotatable bonds is 6. The predicted octanol–water partition coefficient (Wildman–Crippen LogP) is 5.31. The van der Waals surface area contributed by atoms with E-state index in [4.69, 9.17) is 4.74 Å². The van der Waals surface area contributed by atoms with E-state index in [1.165, 1.54) is 18.5 Å². The maximum Gasteiger partial charge on any atom is 0.573 e. The Balaban J connectivity index is 1.33. The van der Waals surface area contributed by atoms with Gasteiger partial charge in [-0.15, -0.1) is 13.2 Å². The van der Waals surface area contributed by atoms with Crippen molar-refractivity contribution in [2.45, 2.75) is 13.3 Å². The second-order valence-electron chi connectivity index (χ2n) is 6.84. The van der Waals surface area contributed by atoms with Crippen LogP contribution in [0.4, 0.5) is 29.3 Å². The fourth-order valence-electron chi connectivity index (χ4n) is 2.90. The lowest BCUT2D eigenvalue weighted by atomic mass is 10.3. The average Bonchev–Trinajstić information content (AvgIpc) is 3.22. The lowest BCUT2D eigenvalue weighted by Crippen LogP contribution is -2.19. The van der Waals surface area contributed by atoms with Crippen LogP contribution in [0, 0.1) is 6.92 Å². The molecule has 0 unspecified atom stereocenters. The molecule has 4 aromatic rings. The van der Waals surface area contributed by atoms with Gasteiger partial charge in [-0.25, -0.2) is 19.7 Å². The topological polar surface area (TPSA) is 103 Å². The molecular formula is C22H17F3N6O3. The van der Waals surface area contributed by atoms with Crippen LogP contribution in [0.5, 0.6) is 17.4 Å². The Labute approximate surface area is 191 Å². The minimum Gasteiger partial charge on any atom is -0.439 e. The summed E-state index contributed by atoms with van der Waals surface area (Å²) in [5.74, 6) is 1.80. The van der Waals surface area contributed by atoms with E-state index in [1.54, 1.807) is 47.3 Å². The summed E-state index contributed by atoms with van der Waals surface area (Å²) in [4.78, 5) is 24.6. The lowest BCUT2D eigenvalue weighted by Gasteiger charge is -2.11. The van der Waals surface area contributed by atoms with Crippen LogP contribution >= 0.6 is 0 Å². The van der Waals surface area contributed by atoms with Crippen molar-refractivity contribution in [1.82, 2.24) is 19.5 Å². The maximum absolute atomic E-state index is 12.2. The molecule has 4 rings (SSSR count). The van der Waals surface area contributed by atoms with E-state index in [9.17, 15) is 18.0 Å². The van der Waals surface area contributed by atoms with Crippen molar-refractivity contribution in [3.8, 4) is 23.2 Å². The number of nitrogens with one attached hydrogen (secondary N) is 2. The molecule has 174 valence electrons. The highest BCUT2D eigenvalue weighted by Crippen LogP contribution is 2.25. The number of aryl methyl sites for hydroxylation is 1. The van der Waals surface area contributed by atoms with Crippen LogP contribution in [0.15, 0.2) is 73.3 Å². The second-order valence-corrected chi connectivity index (χ2v) is 6.84. The van der Waals surface area contributed by atoms with Crippen molar-refractivity contribution in [2.75, 3.05) is 10.6 Å². The van der Waals surface area contributed by atoms with E-state index in [2.05, 4.69) is 30.3 Å². The number of carbonyl (C=O) groups is 1. The molecule has 12 heteroatoms. The number of anilines is 2. The number of halogens is 3. The number of benzene rings is 2. The number of hydrogen-bond donors (Lipinski definition) is 2. The zero-order valence-corrected chi connectivity index (χ0v) is 17.6. The Kier molecular flexibility index (Phi) is 6.30. The van der Waals surface area contributed by atoms with Crippen LogP contribution in [-0.2, 0) is 0 Å². The Morgan fingerprint density at radius 1 is 0.912 bits per heavy atom. The van der Waals surface area contributed by atoms with Gasteiger partial charge >= 0.3 is 12.4 Å². The van der Waals surface area contributed by atoms with Crippen LogP contribution < -0.4 is 20.1 Å². The molecule has 2 aromatic carbocycles. The van der Waals surface area contributed by atoms with E-state index >= 15 is 0 Å². The normalized spacial score (nSPS) is 11.1. The number of ether oxygens (including phenoxy) is 2. The average molecular weight is 470 g/mol. The maximum atomic E-state index is 12.2. The first kappa shape index (κ1) is 22.6. The minimum absolute atomic E-state index is 0.291. The Morgan fingerprint density at radius 3 is 2.09 bits per heavy atom. The molecule has 0 spiro atoms. The van der Waals surface area contributed by atoms with Gasteiger partial charge in [0.25, 0.3) is 0 Å². The van der Waals surface area contributed by atoms with Gasteiger partial charge < -0.3 is 20.1 Å². The first-order valence-corrected chi connectivity index (χ1v) is 9.79. The van der Waals surface area contributed by atoms with Gasteiger partial charge in [-0.05, 0) is 55.5 Å². The third kappa shape index (κ3) is 6.00. The number of urea groups is 1. The third-order valence-corrected chi connectivity index (χ3v) is 4.38. The molecule has 9 nitrogen and oxygen atoms in total. The smallest absolute Gasteiger partial charge is 0.439 e. The molecule has 0 aliphatic carbocycles. The van der Waals surface area contributed by atoms with Gasteiger partial charge in [0.1, 0.15) is 29.5 Å². The molecule has 0 atom stereocenters. The van der Waals surface area contributed by atoms with Gasteiger partial charge in [0.15, 0.2) is 0 Å². The van der Waals surface area contributed by atoms with E-state index in [0.717, 1.165) is 18.0 Å². The van der Waals surface area contributed by atoms with Gasteiger partial charge in [0.2, 0.25) is 5.88 Å². The zero-order chi connectivity index (χ0) is 24.1. The number of aromatic nitrogens is 4. The summed E-state index contributed by atoms with van der Waals surface area (Å²) in [6.07, 6.45) is 0.0397. The highest BCUT2D eigenvalue weighted by atomic mass is 19.4. The number of alkyl halides is 3. The van der Waals surface area contributed by atoms with Crippen LogP contribution in [0.2, 0.25) is 0 Å². The molecule has 2 N–H and O–H groups in total. The fourth-order valence-corrected chi connectivity index (χ4v) is 2.90. The Hall–Kier alpha value is -4.61. The largest absolute Gasteiger partial charge is 0.573 e. The summed E-state index contributed by atoms with van der Waals surface area (Å²) < 4.78 is 48.0. The van der Waals surface area contributed by atoms with E-state index in [0.29, 0.717) is 28.8 Å². The minimum atomic E-state index is -4.78. The summed E-state index contributed by atoms with van der Waals surface area (Å²) in [5.41, 5.74) is 0.763. The van der Waals surface area contributed by atoms with Gasteiger partial charge in [-0.3, -0.25) is 4.57 Å². The van der Waals surface area contributed by atoms with Crippen LogP contribution in [0.25, 0.3) is 5.82 Å². The molecular weight excluding hydrogens is 453 g/mol. The van der Waals surface area contributed by atoms with Crippen molar-refractivity contribution in [3.05, 3.63) is 79.1 Å². The van der Waals surface area contributed by atoms with Crippen LogP contribution in [0.3, 0.4) is 0 Å². The van der Waals surface area contributed by atoms with Gasteiger partial charge in [-0.1, -0.05) is 0 Å². The molecule has 2 aromatic heterocycles. The predicted molar refractivity (Wildman–Crippen MR) is 116 cm³/mol. The van der Waals surface area contributed by atoms with Gasteiger partial charge in [0, 0.05) is 29.8 Å². The number of nitrogens with zero attached hydrogens (tertiary/aromatic N) is 4. The number of imidazole rings is 1. The molecule has 0 radical (unpaired) electrons. The van der Waals surface area contributed by atoms with Crippen LogP contribution in [0.1, 0.15) is 5.82 Å². The molecule has 0 aliphatic heterocycles. The van der Waals surface area contributed by atoms with Crippen molar-refractivity contribution in [1.29, 1.82) is 0 Å². The number of hydrogen-bond acceptors (Lipinski definition) is 6. The molecule has 2 amide bonds. The molecule has 0 aliphatic rings. The number of amides is 2. The van der Waals surface area contributed by atoms with Crippen molar-refractivity contribution >= 4 is 17.4 Å². The van der Waals surface area contributed by atoms with E-state index < -0.39 is 12.4 Å². The Morgan fingerprint density at radius 2 is 1.53 bits per heavy atom. The third-order valence-electron chi connectivity index (χ3n) is 4.38. The summed E-state index contributed by atoms with van der Waals surface area (Å²) in [7, 11) is 0. The van der Waals surface area contributed by atoms with Crippen LogP contribution in [-0.4, -0.2) is 31.9 Å². The van der Waals surface area contributed by atoms with Gasteiger partial charge in [0.05, 0.1) is 0 Å². The molecule has 0 saturated heterocycles. The first-order valence-electron chi connectivity index (χ1n) is 9.79. The quantitative estimate of drug-likeness (QED) is 0.396. The molecule has 34 heavy (non-hydrogen) atoms. The second kappa shape index (κ2) is 9.48. The highest BCUT2D eigenvalue weighted by molar-refractivity contribution is 5.99. The van der Waals surface area contributed by atoms with E-state index in [1.807, 2.05) is 6.92 Å². The standard InChI is InChI=1S/C22H17F3N6O3/c1-14-26-10-11-31(14)19-12-20(28-13-27-19)33-17-6-2-15(3-7-17)29-21(32)30-16-4-8-18(9-5-16)34-22(23,24)25/h2-13H,1H3,(H2,29,30,32). The monoisotopic (exact) mass is 470 g/mol. The molecule has 0 bridgehead atoms. The highest BCUT2D eigenvalue weighted by Gasteiger charge is 2.30. The van der Waals surface area contributed by atoms with Crippen molar-refractivity contribution in [3.63, 3.8) is 0 Å². The van der Waals surface area contributed by atoms with E-state index in [-0.39, 0.29) is 5.75 Å². The van der Waals surface area contributed by atoms with Crippen molar-refractivity contribution < 1.29 is 27.4 Å². The van der Waals surface area contributed by atoms with Gasteiger partial charge in [-0.2, -0.15) is 0 Å². The summed E-state index contributed by atoms with van der Waals surface area (Å²) in [6, 6.07) is 12.4. The van der Waals surface area contributed by atoms with Crippen molar-refractivity contribution in [2.24, 2.45) is 0 Å². The Bertz CT molecular complexity index is 1270. The number of carbonyl (C=O) groups excluding carboxylic acids is 1. The summed E-state index contributed by atoms with van der Waals surface area (Å²) >= 11 is 0.